The molecule has 32 heavy (non-hydrogen) atoms. The van der Waals surface area contributed by atoms with Gasteiger partial charge in [-0.2, -0.15) is 4.80 Å². The molecule has 1 fully saturated rings. The lowest BCUT2D eigenvalue weighted by atomic mass is 10.1. The predicted octanol–water partition coefficient (Wildman–Crippen LogP) is 3.13. The predicted molar refractivity (Wildman–Crippen MR) is 122 cm³/mol. The molecule has 8 heteroatoms. The molecular weight excluding hydrogens is 404 g/mol. The Morgan fingerprint density at radius 2 is 1.78 bits per heavy atom. The van der Waals surface area contributed by atoms with Gasteiger partial charge in [-0.1, -0.05) is 60.9 Å². The van der Waals surface area contributed by atoms with Gasteiger partial charge >= 0.3 is 0 Å². The van der Waals surface area contributed by atoms with E-state index in [1.165, 1.54) is 9.70 Å². The van der Waals surface area contributed by atoms with Crippen molar-refractivity contribution in [2.45, 2.75) is 58.2 Å². The fraction of sp³-hybridized carbons (Fsp3) is 0.375. The summed E-state index contributed by atoms with van der Waals surface area (Å²) < 4.78 is 0. The molecule has 0 unspecified atom stereocenters. The van der Waals surface area contributed by atoms with E-state index in [0.717, 1.165) is 36.8 Å². The molecule has 1 N–H and O–H groups in total. The molecule has 2 amide bonds. The molecule has 0 aliphatic heterocycles. The van der Waals surface area contributed by atoms with Crippen molar-refractivity contribution in [1.82, 2.24) is 25.5 Å². The number of carbonyl (C=O) groups excluding carboxylic acids is 2. The quantitative estimate of drug-likeness (QED) is 0.619. The van der Waals surface area contributed by atoms with Crippen molar-refractivity contribution in [1.29, 1.82) is 0 Å². The minimum Gasteiger partial charge on any atom is -0.352 e. The van der Waals surface area contributed by atoms with Gasteiger partial charge in [-0.25, -0.2) is 0 Å². The monoisotopic (exact) mass is 432 g/mol. The number of hydrogen-bond acceptors (Lipinski definition) is 5. The van der Waals surface area contributed by atoms with E-state index in [1.54, 1.807) is 6.92 Å². The standard InChI is InChI=1S/C24H28N6O2/c1-17-12-14-19(15-13-17)23-26-28-29(27-23)16-22(31)30(21-10-4-3-5-11-21)18(2)24(32)25-20-8-6-7-9-20/h3-5,10-15,18,20H,6-9,16H2,1-2H3,(H,25,32)/t18-/m1/s1. The maximum Gasteiger partial charge on any atom is 0.251 e. The second-order valence-corrected chi connectivity index (χ2v) is 8.27. The Hall–Kier alpha value is -3.55. The molecule has 1 aliphatic carbocycles. The van der Waals surface area contributed by atoms with Crippen molar-refractivity contribution >= 4 is 17.5 Å². The topological polar surface area (TPSA) is 93.0 Å². The van der Waals surface area contributed by atoms with E-state index in [-0.39, 0.29) is 24.4 Å². The molecule has 0 radical (unpaired) electrons. The Morgan fingerprint density at radius 1 is 1.09 bits per heavy atom. The summed E-state index contributed by atoms with van der Waals surface area (Å²) in [5, 5.41) is 15.6. The van der Waals surface area contributed by atoms with Gasteiger partial charge in [0.1, 0.15) is 12.6 Å². The molecule has 1 saturated carbocycles. The zero-order valence-corrected chi connectivity index (χ0v) is 18.4. The van der Waals surface area contributed by atoms with Gasteiger partial charge in [0.15, 0.2) is 0 Å². The maximum absolute atomic E-state index is 13.3. The van der Waals surface area contributed by atoms with Crippen LogP contribution in [0.4, 0.5) is 5.69 Å². The fourth-order valence-corrected chi connectivity index (χ4v) is 4.01. The molecular formula is C24H28N6O2. The average molecular weight is 433 g/mol. The summed E-state index contributed by atoms with van der Waals surface area (Å²) in [5.41, 5.74) is 2.63. The second-order valence-electron chi connectivity index (χ2n) is 8.27. The summed E-state index contributed by atoms with van der Waals surface area (Å²) in [6.07, 6.45) is 4.23. The van der Waals surface area contributed by atoms with Crippen molar-refractivity contribution < 1.29 is 9.59 Å². The summed E-state index contributed by atoms with van der Waals surface area (Å²) >= 11 is 0. The lowest BCUT2D eigenvalue weighted by molar-refractivity contribution is -0.127. The van der Waals surface area contributed by atoms with Crippen LogP contribution in [0.3, 0.4) is 0 Å². The number of aryl methyl sites for hydroxylation is 1. The highest BCUT2D eigenvalue weighted by Crippen LogP contribution is 2.21. The van der Waals surface area contributed by atoms with Gasteiger partial charge in [-0.05, 0) is 44.0 Å². The molecule has 2 aromatic carbocycles. The highest BCUT2D eigenvalue weighted by Gasteiger charge is 2.30. The van der Waals surface area contributed by atoms with Gasteiger partial charge in [0, 0.05) is 17.3 Å². The molecule has 1 atom stereocenters. The van der Waals surface area contributed by atoms with E-state index >= 15 is 0 Å². The first-order valence-corrected chi connectivity index (χ1v) is 11.0. The van der Waals surface area contributed by atoms with E-state index in [1.807, 2.05) is 61.5 Å². The van der Waals surface area contributed by atoms with Crippen LogP contribution in [0.25, 0.3) is 11.4 Å². The number of amides is 2. The first-order valence-electron chi connectivity index (χ1n) is 11.0. The van der Waals surface area contributed by atoms with E-state index in [4.69, 9.17) is 0 Å². The highest BCUT2D eigenvalue weighted by molar-refractivity contribution is 6.00. The van der Waals surface area contributed by atoms with Gasteiger partial charge in [0.2, 0.25) is 11.7 Å². The maximum atomic E-state index is 13.3. The minimum absolute atomic E-state index is 0.116. The van der Waals surface area contributed by atoms with Gasteiger partial charge in [0.25, 0.3) is 5.91 Å². The van der Waals surface area contributed by atoms with Crippen molar-refractivity contribution in [3.8, 4) is 11.4 Å². The Bertz CT molecular complexity index is 1060. The lowest BCUT2D eigenvalue weighted by Gasteiger charge is -2.29. The van der Waals surface area contributed by atoms with E-state index in [9.17, 15) is 9.59 Å². The van der Waals surface area contributed by atoms with Crippen LogP contribution in [0.1, 0.15) is 38.2 Å². The average Bonchev–Trinajstić information content (AvgIpc) is 3.47. The zero-order chi connectivity index (χ0) is 22.5. The number of nitrogens with zero attached hydrogens (tertiary/aromatic N) is 5. The number of rotatable bonds is 7. The van der Waals surface area contributed by atoms with Gasteiger partial charge in [0.05, 0.1) is 0 Å². The molecule has 3 aromatic rings. The molecule has 1 aliphatic rings. The fourth-order valence-electron chi connectivity index (χ4n) is 4.01. The van der Waals surface area contributed by atoms with E-state index in [2.05, 4.69) is 20.7 Å². The summed E-state index contributed by atoms with van der Waals surface area (Å²) in [5.74, 6) is 0.0233. The SMILES string of the molecule is Cc1ccc(-c2nnn(CC(=O)N(c3ccccc3)[C@H](C)C(=O)NC3CCCC3)n2)cc1. The second kappa shape index (κ2) is 9.72. The first-order chi connectivity index (χ1) is 15.5. The molecule has 1 aromatic heterocycles. The van der Waals surface area contributed by atoms with Crippen molar-refractivity contribution in [2.24, 2.45) is 0 Å². The largest absolute Gasteiger partial charge is 0.352 e. The molecule has 1 heterocycles. The van der Waals surface area contributed by atoms with Crippen LogP contribution in [0.5, 0.6) is 0 Å². The van der Waals surface area contributed by atoms with Gasteiger partial charge in [-0.3, -0.25) is 14.5 Å². The number of aromatic nitrogens is 4. The van der Waals surface area contributed by atoms with Crippen LogP contribution in [-0.2, 0) is 16.1 Å². The molecule has 0 saturated heterocycles. The van der Waals surface area contributed by atoms with Crippen LogP contribution >= 0.6 is 0 Å². The summed E-state index contributed by atoms with van der Waals surface area (Å²) in [7, 11) is 0. The lowest BCUT2D eigenvalue weighted by Crippen LogP contribution is -2.51. The van der Waals surface area contributed by atoms with Crippen LogP contribution in [0.2, 0.25) is 0 Å². The number of carbonyl (C=O) groups is 2. The Labute approximate surface area is 187 Å². The van der Waals surface area contributed by atoms with Gasteiger partial charge < -0.3 is 5.32 Å². The highest BCUT2D eigenvalue weighted by atomic mass is 16.2. The number of para-hydroxylation sites is 1. The van der Waals surface area contributed by atoms with Gasteiger partial charge in [-0.15, -0.1) is 10.2 Å². The molecule has 0 spiro atoms. The zero-order valence-electron chi connectivity index (χ0n) is 18.4. The van der Waals surface area contributed by atoms with E-state index in [0.29, 0.717) is 11.5 Å². The van der Waals surface area contributed by atoms with Crippen LogP contribution < -0.4 is 10.2 Å². The third-order valence-corrected chi connectivity index (χ3v) is 5.81. The van der Waals surface area contributed by atoms with Crippen molar-refractivity contribution in [2.75, 3.05) is 4.90 Å². The van der Waals surface area contributed by atoms with Crippen LogP contribution in [0.15, 0.2) is 54.6 Å². The number of hydrogen-bond donors (Lipinski definition) is 1. The number of benzene rings is 2. The van der Waals surface area contributed by atoms with Crippen LogP contribution in [0, 0.1) is 6.92 Å². The number of anilines is 1. The summed E-state index contributed by atoms with van der Waals surface area (Å²) in [6, 6.07) is 16.5. The third kappa shape index (κ3) is 5.01. The smallest absolute Gasteiger partial charge is 0.251 e. The van der Waals surface area contributed by atoms with Crippen molar-refractivity contribution in [3.63, 3.8) is 0 Å². The number of nitrogens with one attached hydrogen (secondary N) is 1. The Balaban J connectivity index is 1.51. The third-order valence-electron chi connectivity index (χ3n) is 5.81. The summed E-state index contributed by atoms with van der Waals surface area (Å²) in [6.45, 7) is 3.64. The summed E-state index contributed by atoms with van der Waals surface area (Å²) in [4.78, 5) is 29.0. The van der Waals surface area contributed by atoms with Crippen molar-refractivity contribution in [3.05, 3.63) is 60.2 Å². The van der Waals surface area contributed by atoms with E-state index < -0.39 is 6.04 Å². The number of tetrazole rings is 1. The molecule has 4 rings (SSSR count). The first kappa shape index (κ1) is 21.7. The van der Waals surface area contributed by atoms with Crippen LogP contribution in [-0.4, -0.2) is 44.1 Å². The molecule has 166 valence electrons. The normalized spacial score (nSPS) is 14.8. The Kier molecular flexibility index (Phi) is 6.58. The Morgan fingerprint density at radius 3 is 2.47 bits per heavy atom. The minimum atomic E-state index is -0.661. The molecule has 0 bridgehead atoms. The molecule has 8 nitrogen and oxygen atoms in total.